The van der Waals surface area contributed by atoms with Crippen molar-refractivity contribution in [1.82, 2.24) is 29.3 Å². The van der Waals surface area contributed by atoms with Gasteiger partial charge in [0, 0.05) is 14.1 Å². The van der Waals surface area contributed by atoms with Gasteiger partial charge < -0.3 is 5.73 Å². The first-order valence-electron chi connectivity index (χ1n) is 8.30. The number of nitrogen functional groups attached to an aromatic ring is 1. The number of benzene rings is 1. The van der Waals surface area contributed by atoms with Crippen molar-refractivity contribution in [2.75, 3.05) is 11.5 Å². The van der Waals surface area contributed by atoms with Crippen LogP contribution in [0.25, 0.3) is 5.69 Å². The third-order valence-electron chi connectivity index (χ3n) is 4.57. The zero-order valence-corrected chi connectivity index (χ0v) is 16.6. The second kappa shape index (κ2) is 7.43. The third-order valence-corrected chi connectivity index (χ3v) is 5.49. The second-order valence-electron chi connectivity index (χ2n) is 6.27. The molecule has 0 aliphatic rings. The van der Waals surface area contributed by atoms with Crippen LogP contribution in [0.2, 0.25) is 0 Å². The van der Waals surface area contributed by atoms with Crippen molar-refractivity contribution in [3.63, 3.8) is 0 Å². The standard InChI is InChI=1S/C17H19N7O3S/c1-9-6-5-7-11(10(9)2)24-16(19-20-21-24)28-8-12(25)13-14(18)22(3)17(27)23(4)15(13)26/h5-7H,8,18H2,1-4H3. The van der Waals surface area contributed by atoms with Crippen LogP contribution in [0.1, 0.15) is 21.5 Å². The van der Waals surface area contributed by atoms with Crippen molar-refractivity contribution in [1.29, 1.82) is 0 Å². The summed E-state index contributed by atoms with van der Waals surface area (Å²) >= 11 is 1.09. The summed E-state index contributed by atoms with van der Waals surface area (Å²) in [5.74, 6) is -0.773. The predicted octanol–water partition coefficient (Wildman–Crippen LogP) is 0.234. The van der Waals surface area contributed by atoms with E-state index in [9.17, 15) is 14.4 Å². The second-order valence-corrected chi connectivity index (χ2v) is 7.21. The van der Waals surface area contributed by atoms with Crippen LogP contribution in [0.5, 0.6) is 0 Å². The van der Waals surface area contributed by atoms with E-state index in [-0.39, 0.29) is 17.1 Å². The lowest BCUT2D eigenvalue weighted by Gasteiger charge is -2.11. The molecule has 0 saturated carbocycles. The number of aryl methyl sites for hydroxylation is 1. The van der Waals surface area contributed by atoms with E-state index in [1.807, 2.05) is 32.0 Å². The van der Waals surface area contributed by atoms with Gasteiger partial charge in [0.1, 0.15) is 11.4 Å². The molecule has 2 N–H and O–H groups in total. The molecule has 1 aromatic carbocycles. The number of hydrogen-bond acceptors (Lipinski definition) is 8. The fourth-order valence-corrected chi connectivity index (χ4v) is 3.47. The maximum absolute atomic E-state index is 12.7. The number of carbonyl (C=O) groups excluding carboxylic acids is 1. The molecule has 0 radical (unpaired) electrons. The number of nitrogens with two attached hydrogens (primary N) is 1. The summed E-state index contributed by atoms with van der Waals surface area (Å²) in [7, 11) is 2.71. The van der Waals surface area contributed by atoms with E-state index in [4.69, 9.17) is 5.73 Å². The Kier molecular flexibility index (Phi) is 5.18. The Hall–Kier alpha value is -3.21. The molecule has 28 heavy (non-hydrogen) atoms. The van der Waals surface area contributed by atoms with Gasteiger partial charge >= 0.3 is 5.69 Å². The van der Waals surface area contributed by atoms with Crippen molar-refractivity contribution in [3.05, 3.63) is 55.7 Å². The number of Topliss-reactive ketones (excluding diaryl/α,β-unsaturated/α-hetero) is 1. The molecule has 0 aliphatic heterocycles. The molecule has 0 amide bonds. The highest BCUT2D eigenvalue weighted by molar-refractivity contribution is 7.99. The summed E-state index contributed by atoms with van der Waals surface area (Å²) in [5, 5.41) is 12.1. The molecule has 0 unspecified atom stereocenters. The van der Waals surface area contributed by atoms with Crippen LogP contribution in [0.15, 0.2) is 32.9 Å². The number of nitrogens with zero attached hydrogens (tertiary/aromatic N) is 6. The van der Waals surface area contributed by atoms with Gasteiger partial charge in [-0.2, -0.15) is 4.68 Å². The molecule has 0 fully saturated rings. The number of hydrogen-bond donors (Lipinski definition) is 1. The highest BCUT2D eigenvalue weighted by atomic mass is 32.2. The van der Waals surface area contributed by atoms with Crippen LogP contribution in [0.4, 0.5) is 5.82 Å². The first-order chi connectivity index (χ1) is 13.2. The first-order valence-corrected chi connectivity index (χ1v) is 9.29. The minimum absolute atomic E-state index is 0.108. The summed E-state index contributed by atoms with van der Waals surface area (Å²) in [5.41, 5.74) is 7.20. The van der Waals surface area contributed by atoms with E-state index < -0.39 is 17.0 Å². The highest BCUT2D eigenvalue weighted by Gasteiger charge is 2.21. The van der Waals surface area contributed by atoms with Gasteiger partial charge in [-0.25, -0.2) is 4.79 Å². The number of aromatic nitrogens is 6. The average Bonchev–Trinajstić information content (AvgIpc) is 3.14. The van der Waals surface area contributed by atoms with Crippen LogP contribution in [-0.4, -0.2) is 40.9 Å². The minimum Gasteiger partial charge on any atom is -0.384 e. The van der Waals surface area contributed by atoms with Crippen molar-refractivity contribution in [2.45, 2.75) is 19.0 Å². The van der Waals surface area contributed by atoms with E-state index in [2.05, 4.69) is 15.5 Å². The molecule has 2 aromatic heterocycles. The fourth-order valence-electron chi connectivity index (χ4n) is 2.71. The first kappa shape index (κ1) is 19.5. The highest BCUT2D eigenvalue weighted by Crippen LogP contribution is 2.23. The number of tetrazole rings is 1. The molecule has 2 heterocycles. The maximum Gasteiger partial charge on any atom is 0.332 e. The summed E-state index contributed by atoms with van der Waals surface area (Å²) in [6.07, 6.45) is 0. The summed E-state index contributed by atoms with van der Waals surface area (Å²) in [6.45, 7) is 3.94. The van der Waals surface area contributed by atoms with Crippen molar-refractivity contribution < 1.29 is 4.79 Å². The van der Waals surface area contributed by atoms with Gasteiger partial charge in [0.05, 0.1) is 11.4 Å². The molecule has 0 bridgehead atoms. The Morgan fingerprint density at radius 2 is 1.89 bits per heavy atom. The molecule has 0 saturated heterocycles. The van der Waals surface area contributed by atoms with Gasteiger partial charge in [-0.05, 0) is 41.5 Å². The summed E-state index contributed by atoms with van der Waals surface area (Å²) in [4.78, 5) is 36.9. The largest absolute Gasteiger partial charge is 0.384 e. The number of carbonyl (C=O) groups is 1. The summed E-state index contributed by atoms with van der Waals surface area (Å²) < 4.78 is 3.47. The molecular weight excluding hydrogens is 382 g/mol. The van der Waals surface area contributed by atoms with Gasteiger partial charge in [0.2, 0.25) is 5.16 Å². The van der Waals surface area contributed by atoms with Gasteiger partial charge in [0.15, 0.2) is 5.78 Å². The van der Waals surface area contributed by atoms with E-state index in [0.29, 0.717) is 5.16 Å². The Morgan fingerprint density at radius 1 is 1.18 bits per heavy atom. The molecule has 10 nitrogen and oxygen atoms in total. The molecule has 3 aromatic rings. The zero-order valence-electron chi connectivity index (χ0n) is 15.8. The van der Waals surface area contributed by atoms with Crippen LogP contribution < -0.4 is 17.0 Å². The molecule has 3 rings (SSSR count). The average molecular weight is 401 g/mol. The Bertz CT molecular complexity index is 1190. The van der Waals surface area contributed by atoms with Gasteiger partial charge in [-0.15, -0.1) is 5.10 Å². The third kappa shape index (κ3) is 3.24. The SMILES string of the molecule is Cc1cccc(-n2nnnc2SCC(=O)c2c(N)n(C)c(=O)n(C)c2=O)c1C. The lowest BCUT2D eigenvalue weighted by molar-refractivity contribution is 0.102. The minimum atomic E-state index is -0.722. The van der Waals surface area contributed by atoms with Crippen LogP contribution in [0, 0.1) is 13.8 Å². The predicted molar refractivity (Wildman–Crippen MR) is 105 cm³/mol. The zero-order chi connectivity index (χ0) is 20.6. The van der Waals surface area contributed by atoms with Crippen LogP contribution >= 0.6 is 11.8 Å². The van der Waals surface area contributed by atoms with Crippen LogP contribution in [0.3, 0.4) is 0 Å². The summed E-state index contributed by atoms with van der Waals surface area (Å²) in [6, 6.07) is 5.76. The number of rotatable bonds is 5. The topological polar surface area (TPSA) is 131 Å². The lowest BCUT2D eigenvalue weighted by atomic mass is 10.1. The van der Waals surface area contributed by atoms with Crippen molar-refractivity contribution in [2.24, 2.45) is 14.1 Å². The Balaban J connectivity index is 1.91. The van der Waals surface area contributed by atoms with Crippen LogP contribution in [-0.2, 0) is 14.1 Å². The number of anilines is 1. The smallest absolute Gasteiger partial charge is 0.332 e. The van der Waals surface area contributed by atoms with Gasteiger partial charge in [-0.3, -0.25) is 18.7 Å². The van der Waals surface area contributed by atoms with Gasteiger partial charge in [0.25, 0.3) is 5.56 Å². The molecule has 11 heteroatoms. The van der Waals surface area contributed by atoms with Crippen molar-refractivity contribution in [3.8, 4) is 5.69 Å². The molecule has 0 atom stereocenters. The Labute approximate surface area is 164 Å². The number of ketones is 1. The molecule has 0 spiro atoms. The monoisotopic (exact) mass is 401 g/mol. The maximum atomic E-state index is 12.7. The molecule has 146 valence electrons. The van der Waals surface area contributed by atoms with E-state index >= 15 is 0 Å². The lowest BCUT2D eigenvalue weighted by Crippen LogP contribution is -2.41. The van der Waals surface area contributed by atoms with Crippen molar-refractivity contribution >= 4 is 23.4 Å². The Morgan fingerprint density at radius 3 is 2.61 bits per heavy atom. The normalized spacial score (nSPS) is 11.0. The fraction of sp³-hybridized carbons (Fsp3) is 0.294. The number of thioether (sulfide) groups is 1. The molecule has 0 aliphatic carbocycles. The molecular formula is C17H19N7O3S. The van der Waals surface area contributed by atoms with E-state index in [1.165, 1.54) is 14.1 Å². The van der Waals surface area contributed by atoms with Gasteiger partial charge in [-0.1, -0.05) is 23.9 Å². The quantitative estimate of drug-likeness (QED) is 0.475. The van der Waals surface area contributed by atoms with E-state index in [0.717, 1.165) is 37.7 Å². The van der Waals surface area contributed by atoms with E-state index in [1.54, 1.807) is 4.68 Å².